The second-order valence-electron chi connectivity index (χ2n) is 7.15. The first-order valence-corrected chi connectivity index (χ1v) is 8.38. The number of carbonyl (C=O) groups is 1. The van der Waals surface area contributed by atoms with Gasteiger partial charge in [0.2, 0.25) is 5.91 Å². The molecule has 22 heavy (non-hydrogen) atoms. The van der Waals surface area contributed by atoms with Gasteiger partial charge in [-0.2, -0.15) is 0 Å². The third kappa shape index (κ3) is 4.87. The summed E-state index contributed by atoms with van der Waals surface area (Å²) in [6, 6.07) is 1.49. The number of likely N-dealkylation sites (N-methyl/N-ethyl adjacent to an activating group) is 1. The lowest BCUT2D eigenvalue weighted by Crippen LogP contribution is -2.48. The summed E-state index contributed by atoms with van der Waals surface area (Å²) >= 11 is 0. The minimum atomic E-state index is 0.0279. The molecule has 2 N–H and O–H groups in total. The van der Waals surface area contributed by atoms with E-state index in [1.165, 1.54) is 12.8 Å². The van der Waals surface area contributed by atoms with Gasteiger partial charge in [0.15, 0.2) is 5.96 Å². The SMILES string of the molecule is CC1CN(C(C)C)CC1NC(=NCC(=O)N(C)C)NC1CC1. The molecule has 1 aliphatic heterocycles. The Kier molecular flexibility index (Phi) is 5.67. The summed E-state index contributed by atoms with van der Waals surface area (Å²) in [6.45, 7) is 9.10. The first-order valence-electron chi connectivity index (χ1n) is 8.38. The van der Waals surface area contributed by atoms with Crippen LogP contribution < -0.4 is 10.6 Å². The van der Waals surface area contributed by atoms with Crippen LogP contribution in [-0.2, 0) is 4.79 Å². The zero-order valence-corrected chi connectivity index (χ0v) is 14.6. The van der Waals surface area contributed by atoms with Crippen molar-refractivity contribution in [3.8, 4) is 0 Å². The zero-order valence-electron chi connectivity index (χ0n) is 14.6. The van der Waals surface area contributed by atoms with Crippen LogP contribution in [0.3, 0.4) is 0 Å². The molecular weight excluding hydrogens is 278 g/mol. The number of aliphatic imine (C=N–C) groups is 1. The minimum Gasteiger partial charge on any atom is -0.354 e. The van der Waals surface area contributed by atoms with Crippen molar-refractivity contribution in [3.63, 3.8) is 0 Å². The Bertz CT molecular complexity index is 417. The van der Waals surface area contributed by atoms with E-state index in [1.54, 1.807) is 19.0 Å². The molecule has 2 fully saturated rings. The van der Waals surface area contributed by atoms with E-state index >= 15 is 0 Å². The van der Waals surface area contributed by atoms with E-state index in [9.17, 15) is 4.79 Å². The highest BCUT2D eigenvalue weighted by molar-refractivity contribution is 5.85. The lowest BCUT2D eigenvalue weighted by molar-refractivity contribution is -0.127. The normalized spacial score (nSPS) is 26.4. The second kappa shape index (κ2) is 7.31. The van der Waals surface area contributed by atoms with Gasteiger partial charge in [0.05, 0.1) is 0 Å². The topological polar surface area (TPSA) is 60.0 Å². The van der Waals surface area contributed by atoms with E-state index in [-0.39, 0.29) is 12.5 Å². The van der Waals surface area contributed by atoms with Crippen LogP contribution in [0.1, 0.15) is 33.6 Å². The number of amides is 1. The van der Waals surface area contributed by atoms with Crippen LogP contribution in [0.4, 0.5) is 0 Å². The maximum absolute atomic E-state index is 11.7. The number of carbonyl (C=O) groups excluding carboxylic acids is 1. The van der Waals surface area contributed by atoms with E-state index in [1.807, 2.05) is 0 Å². The van der Waals surface area contributed by atoms with Gasteiger partial charge < -0.3 is 15.5 Å². The molecule has 0 aromatic carbocycles. The van der Waals surface area contributed by atoms with Crippen LogP contribution in [0.5, 0.6) is 0 Å². The molecule has 2 atom stereocenters. The van der Waals surface area contributed by atoms with E-state index in [4.69, 9.17) is 0 Å². The van der Waals surface area contributed by atoms with Crippen LogP contribution >= 0.6 is 0 Å². The summed E-state index contributed by atoms with van der Waals surface area (Å²) in [5, 5.41) is 6.97. The highest BCUT2D eigenvalue weighted by Crippen LogP contribution is 2.20. The molecule has 1 saturated heterocycles. The molecule has 0 spiro atoms. The van der Waals surface area contributed by atoms with Crippen LogP contribution in [0.2, 0.25) is 0 Å². The van der Waals surface area contributed by atoms with Crippen LogP contribution in [-0.4, -0.2) is 73.5 Å². The van der Waals surface area contributed by atoms with Gasteiger partial charge in [0.25, 0.3) is 0 Å². The average Bonchev–Trinajstić information content (AvgIpc) is 3.18. The molecule has 0 aromatic rings. The summed E-state index contributed by atoms with van der Waals surface area (Å²) in [4.78, 5) is 20.3. The van der Waals surface area contributed by atoms with Crippen LogP contribution in [0.15, 0.2) is 4.99 Å². The second-order valence-corrected chi connectivity index (χ2v) is 7.15. The molecule has 0 radical (unpaired) electrons. The summed E-state index contributed by atoms with van der Waals surface area (Å²) in [7, 11) is 3.53. The standard InChI is InChI=1S/C16H31N5O/c1-11(2)21-9-12(3)14(10-21)19-16(18-13-6-7-13)17-8-15(22)20(4)5/h11-14H,6-10H2,1-5H3,(H2,17,18,19). The predicted octanol–water partition coefficient (Wildman–Crippen LogP) is 0.501. The Labute approximate surface area is 134 Å². The van der Waals surface area contributed by atoms with Crippen molar-refractivity contribution >= 4 is 11.9 Å². The van der Waals surface area contributed by atoms with Gasteiger partial charge in [-0.05, 0) is 32.6 Å². The lowest BCUT2D eigenvalue weighted by Gasteiger charge is -2.22. The van der Waals surface area contributed by atoms with Crippen LogP contribution in [0.25, 0.3) is 0 Å². The zero-order chi connectivity index (χ0) is 16.3. The number of hydrogen-bond acceptors (Lipinski definition) is 3. The predicted molar refractivity (Wildman–Crippen MR) is 90.0 cm³/mol. The number of likely N-dealkylation sites (tertiary alicyclic amines) is 1. The smallest absolute Gasteiger partial charge is 0.243 e. The Hall–Kier alpha value is -1.30. The summed E-state index contributed by atoms with van der Waals surface area (Å²) in [5.74, 6) is 1.40. The molecule has 2 aliphatic rings. The number of nitrogens with zero attached hydrogens (tertiary/aromatic N) is 3. The quantitative estimate of drug-likeness (QED) is 0.573. The van der Waals surface area contributed by atoms with Gasteiger partial charge in [0, 0.05) is 45.3 Å². The van der Waals surface area contributed by atoms with Crippen molar-refractivity contribution in [2.75, 3.05) is 33.7 Å². The summed E-state index contributed by atoms with van der Waals surface area (Å²) in [6.07, 6.45) is 2.39. The number of hydrogen-bond donors (Lipinski definition) is 2. The van der Waals surface area contributed by atoms with Gasteiger partial charge in [-0.25, -0.2) is 4.99 Å². The molecule has 1 amide bonds. The van der Waals surface area contributed by atoms with Crippen molar-refractivity contribution in [2.45, 2.75) is 51.7 Å². The van der Waals surface area contributed by atoms with Crippen molar-refractivity contribution in [1.82, 2.24) is 20.4 Å². The molecular formula is C16H31N5O. The summed E-state index contributed by atoms with van der Waals surface area (Å²) < 4.78 is 0. The average molecular weight is 309 g/mol. The number of rotatable bonds is 5. The third-order valence-electron chi connectivity index (χ3n) is 4.48. The van der Waals surface area contributed by atoms with Gasteiger partial charge in [-0.1, -0.05) is 6.92 Å². The first kappa shape index (κ1) is 17.1. The monoisotopic (exact) mass is 309 g/mol. The fourth-order valence-electron chi connectivity index (χ4n) is 2.63. The lowest BCUT2D eigenvalue weighted by atomic mass is 10.1. The molecule has 1 heterocycles. The first-order chi connectivity index (χ1) is 10.4. The molecule has 2 unspecified atom stereocenters. The maximum Gasteiger partial charge on any atom is 0.243 e. The Morgan fingerprint density at radius 3 is 2.45 bits per heavy atom. The van der Waals surface area contributed by atoms with E-state index < -0.39 is 0 Å². The molecule has 6 heteroatoms. The molecule has 2 rings (SSSR count). The van der Waals surface area contributed by atoms with Gasteiger partial charge in [-0.3, -0.25) is 9.69 Å². The third-order valence-corrected chi connectivity index (χ3v) is 4.48. The van der Waals surface area contributed by atoms with E-state index in [0.717, 1.165) is 19.0 Å². The van der Waals surface area contributed by atoms with Crippen molar-refractivity contribution in [3.05, 3.63) is 0 Å². The molecule has 1 saturated carbocycles. The Balaban J connectivity index is 1.94. The molecule has 126 valence electrons. The van der Waals surface area contributed by atoms with Crippen molar-refractivity contribution in [2.24, 2.45) is 10.9 Å². The van der Waals surface area contributed by atoms with Crippen LogP contribution in [0, 0.1) is 5.92 Å². The molecule has 0 bridgehead atoms. The molecule has 1 aliphatic carbocycles. The van der Waals surface area contributed by atoms with Gasteiger partial charge in [-0.15, -0.1) is 0 Å². The fourth-order valence-corrected chi connectivity index (χ4v) is 2.63. The van der Waals surface area contributed by atoms with Crippen molar-refractivity contribution < 1.29 is 4.79 Å². The highest BCUT2D eigenvalue weighted by atomic mass is 16.2. The van der Waals surface area contributed by atoms with E-state index in [2.05, 4.69) is 41.3 Å². The Morgan fingerprint density at radius 2 is 1.95 bits per heavy atom. The number of guanidine groups is 1. The Morgan fingerprint density at radius 1 is 1.27 bits per heavy atom. The summed E-state index contributed by atoms with van der Waals surface area (Å²) in [5.41, 5.74) is 0. The number of nitrogens with one attached hydrogen (secondary N) is 2. The maximum atomic E-state index is 11.7. The molecule has 6 nitrogen and oxygen atoms in total. The van der Waals surface area contributed by atoms with Crippen molar-refractivity contribution in [1.29, 1.82) is 0 Å². The highest BCUT2D eigenvalue weighted by Gasteiger charge is 2.32. The fraction of sp³-hybridized carbons (Fsp3) is 0.875. The van der Waals surface area contributed by atoms with E-state index in [0.29, 0.717) is 24.0 Å². The van der Waals surface area contributed by atoms with Gasteiger partial charge in [0.1, 0.15) is 6.54 Å². The minimum absolute atomic E-state index is 0.0279. The van der Waals surface area contributed by atoms with Gasteiger partial charge >= 0.3 is 0 Å². The molecule has 0 aromatic heterocycles. The largest absolute Gasteiger partial charge is 0.354 e.